The molecule has 0 bridgehead atoms. The van der Waals surface area contributed by atoms with E-state index < -0.39 is 5.97 Å². The van der Waals surface area contributed by atoms with E-state index in [1.807, 2.05) is 36.4 Å². The number of benzene rings is 2. The first-order chi connectivity index (χ1) is 13.0. The molecule has 0 aliphatic heterocycles. The van der Waals surface area contributed by atoms with Gasteiger partial charge in [0.1, 0.15) is 11.5 Å². The smallest absolute Gasteiger partial charge is 0.303 e. The number of hydrogen-bond acceptors (Lipinski definition) is 4. The highest BCUT2D eigenvalue weighted by Gasteiger charge is 2.13. The molecule has 0 spiro atoms. The van der Waals surface area contributed by atoms with Gasteiger partial charge in [0.05, 0.1) is 17.8 Å². The molecule has 0 unspecified atom stereocenters. The molecule has 6 heteroatoms. The Morgan fingerprint density at radius 1 is 0.926 bits per heavy atom. The Morgan fingerprint density at radius 3 is 2.41 bits per heavy atom. The average Bonchev–Trinajstić information content (AvgIpc) is 2.66. The van der Waals surface area contributed by atoms with E-state index in [0.717, 1.165) is 16.3 Å². The molecule has 0 saturated carbocycles. The van der Waals surface area contributed by atoms with Gasteiger partial charge < -0.3 is 10.2 Å². The lowest BCUT2D eigenvalue weighted by atomic mass is 10.0. The van der Waals surface area contributed by atoms with Crippen molar-refractivity contribution >= 4 is 34.1 Å². The summed E-state index contributed by atoms with van der Waals surface area (Å²) in [7, 11) is 0. The molecule has 0 saturated heterocycles. The Hall–Kier alpha value is -2.92. The topological polar surface area (TPSA) is 87.5 Å². The van der Waals surface area contributed by atoms with Crippen molar-refractivity contribution in [3.63, 3.8) is 0 Å². The first-order valence-corrected chi connectivity index (χ1v) is 8.93. The van der Waals surface area contributed by atoms with Crippen LogP contribution in [0.3, 0.4) is 0 Å². The zero-order chi connectivity index (χ0) is 19.4. The third-order valence-corrected chi connectivity index (χ3v) is 4.68. The number of fused-ring (bicyclic) bond motifs is 1. The van der Waals surface area contributed by atoms with Crippen molar-refractivity contribution in [2.75, 3.05) is 0 Å². The molecule has 2 aromatic carbocycles. The highest BCUT2D eigenvalue weighted by Crippen LogP contribution is 2.33. The fraction of sp³-hybridized carbons (Fsp3) is 0.190. The van der Waals surface area contributed by atoms with Gasteiger partial charge in [0.25, 0.3) is 0 Å². The lowest BCUT2D eigenvalue weighted by Gasteiger charge is -2.10. The number of rotatable bonds is 7. The number of nitrogens with zero attached hydrogens (tertiary/aromatic N) is 1. The van der Waals surface area contributed by atoms with Gasteiger partial charge in [-0.25, -0.2) is 4.98 Å². The second-order valence-corrected chi connectivity index (χ2v) is 6.64. The number of ketones is 1. The molecule has 0 radical (unpaired) electrons. The van der Waals surface area contributed by atoms with Gasteiger partial charge in [-0.2, -0.15) is 0 Å². The Balaban J connectivity index is 1.87. The summed E-state index contributed by atoms with van der Waals surface area (Å²) >= 11 is 6.27. The van der Waals surface area contributed by atoms with Gasteiger partial charge in [-0.1, -0.05) is 41.9 Å². The van der Waals surface area contributed by atoms with Crippen LogP contribution in [0.15, 0.2) is 48.5 Å². The summed E-state index contributed by atoms with van der Waals surface area (Å²) in [4.78, 5) is 26.9. The van der Waals surface area contributed by atoms with Gasteiger partial charge >= 0.3 is 5.97 Å². The predicted molar refractivity (Wildman–Crippen MR) is 104 cm³/mol. The number of aromatic nitrogens is 1. The summed E-state index contributed by atoms with van der Waals surface area (Å²) in [5, 5.41) is 21.2. The van der Waals surface area contributed by atoms with Crippen LogP contribution in [0, 0.1) is 0 Å². The highest BCUT2D eigenvalue weighted by molar-refractivity contribution is 6.36. The molecular formula is C21H18ClNO4. The number of carboxylic acids is 1. The lowest BCUT2D eigenvalue weighted by Crippen LogP contribution is -2.05. The SMILES string of the molecule is O=C(O)CCC(=O)CCc1nc(-c2ccc(Cl)c3ccccc23)ccc1O. The molecule has 0 aliphatic rings. The van der Waals surface area contributed by atoms with Crippen LogP contribution in [0.25, 0.3) is 22.0 Å². The van der Waals surface area contributed by atoms with Crippen LogP contribution in [-0.4, -0.2) is 26.9 Å². The maximum absolute atomic E-state index is 11.8. The van der Waals surface area contributed by atoms with Crippen molar-refractivity contribution in [2.24, 2.45) is 0 Å². The maximum Gasteiger partial charge on any atom is 0.303 e. The number of pyridine rings is 1. The molecular weight excluding hydrogens is 366 g/mol. The maximum atomic E-state index is 11.8. The molecule has 0 fully saturated rings. The third-order valence-electron chi connectivity index (χ3n) is 4.36. The van der Waals surface area contributed by atoms with Crippen LogP contribution in [0.4, 0.5) is 0 Å². The normalized spacial score (nSPS) is 10.9. The summed E-state index contributed by atoms with van der Waals surface area (Å²) in [6.07, 6.45) is 0.189. The summed E-state index contributed by atoms with van der Waals surface area (Å²) in [5.41, 5.74) is 1.97. The monoisotopic (exact) mass is 383 g/mol. The summed E-state index contributed by atoms with van der Waals surface area (Å²) < 4.78 is 0. The number of hydrogen-bond donors (Lipinski definition) is 2. The molecule has 2 N–H and O–H groups in total. The number of aromatic hydroxyl groups is 1. The van der Waals surface area contributed by atoms with Crippen molar-refractivity contribution in [2.45, 2.75) is 25.7 Å². The van der Waals surface area contributed by atoms with Crippen molar-refractivity contribution in [3.8, 4) is 17.0 Å². The minimum atomic E-state index is -0.999. The Kier molecular flexibility index (Phi) is 5.72. The van der Waals surface area contributed by atoms with Gasteiger partial charge in [0.15, 0.2) is 0 Å². The summed E-state index contributed by atoms with van der Waals surface area (Å²) in [6.45, 7) is 0. The van der Waals surface area contributed by atoms with E-state index in [4.69, 9.17) is 16.7 Å². The van der Waals surface area contributed by atoms with Gasteiger partial charge in [0, 0.05) is 35.2 Å². The molecule has 3 rings (SSSR count). The number of carboxylic acid groups (broad SMARTS) is 1. The second kappa shape index (κ2) is 8.18. The zero-order valence-electron chi connectivity index (χ0n) is 14.5. The molecule has 0 atom stereocenters. The molecule has 5 nitrogen and oxygen atoms in total. The van der Waals surface area contributed by atoms with Crippen molar-refractivity contribution in [3.05, 3.63) is 59.2 Å². The van der Waals surface area contributed by atoms with E-state index in [1.54, 1.807) is 12.1 Å². The minimum Gasteiger partial charge on any atom is -0.506 e. The quantitative estimate of drug-likeness (QED) is 0.621. The molecule has 138 valence electrons. The third kappa shape index (κ3) is 4.44. The van der Waals surface area contributed by atoms with Crippen molar-refractivity contribution in [1.29, 1.82) is 0 Å². The van der Waals surface area contributed by atoms with Crippen LogP contribution >= 0.6 is 11.6 Å². The number of halogens is 1. The summed E-state index contributed by atoms with van der Waals surface area (Å²) in [5.74, 6) is -1.15. The van der Waals surface area contributed by atoms with E-state index in [1.165, 1.54) is 0 Å². The number of Topliss-reactive ketones (excluding diaryl/α,β-unsaturated/α-hetero) is 1. The number of aliphatic carboxylic acids is 1. The average molecular weight is 384 g/mol. The first-order valence-electron chi connectivity index (χ1n) is 8.55. The molecule has 1 heterocycles. The highest BCUT2D eigenvalue weighted by atomic mass is 35.5. The van der Waals surface area contributed by atoms with Gasteiger partial charge in [-0.15, -0.1) is 0 Å². The fourth-order valence-electron chi connectivity index (χ4n) is 2.94. The Labute approximate surface area is 161 Å². The lowest BCUT2D eigenvalue weighted by molar-refractivity contribution is -0.138. The minimum absolute atomic E-state index is 0.0163. The van der Waals surface area contributed by atoms with Crippen molar-refractivity contribution < 1.29 is 19.8 Å². The van der Waals surface area contributed by atoms with Crippen molar-refractivity contribution in [1.82, 2.24) is 4.98 Å². The standard InChI is InChI=1S/C21H18ClNO4/c22-17-8-7-16(14-3-1-2-4-15(14)17)18-10-11-20(25)19(23-18)9-5-13(24)6-12-21(26)27/h1-4,7-8,10-11,25H,5-6,9,12H2,(H,26,27). The van der Waals surface area contributed by atoms with E-state index in [0.29, 0.717) is 16.4 Å². The van der Waals surface area contributed by atoms with Gasteiger partial charge in [-0.05, 0) is 23.6 Å². The van der Waals surface area contributed by atoms with Crippen LogP contribution in [0.5, 0.6) is 5.75 Å². The van der Waals surface area contributed by atoms with E-state index >= 15 is 0 Å². The van der Waals surface area contributed by atoms with E-state index in [2.05, 4.69) is 4.98 Å². The molecule has 0 amide bonds. The summed E-state index contributed by atoms with van der Waals surface area (Å²) in [6, 6.07) is 14.7. The van der Waals surface area contributed by atoms with E-state index in [9.17, 15) is 14.7 Å². The van der Waals surface area contributed by atoms with Gasteiger partial charge in [-0.3, -0.25) is 9.59 Å². The number of aryl methyl sites for hydroxylation is 1. The molecule has 3 aromatic rings. The van der Waals surface area contributed by atoms with Crippen LogP contribution in [0.2, 0.25) is 5.02 Å². The van der Waals surface area contributed by atoms with Crippen LogP contribution in [-0.2, 0) is 16.0 Å². The Bertz CT molecular complexity index is 1020. The predicted octanol–water partition coefficient (Wildman–Crippen LogP) is 4.63. The first kappa shape index (κ1) is 18.9. The van der Waals surface area contributed by atoms with E-state index in [-0.39, 0.29) is 37.2 Å². The van der Waals surface area contributed by atoms with Crippen LogP contribution < -0.4 is 0 Å². The molecule has 1 aromatic heterocycles. The zero-order valence-corrected chi connectivity index (χ0v) is 15.2. The number of carbonyl (C=O) groups excluding carboxylic acids is 1. The van der Waals surface area contributed by atoms with Crippen LogP contribution in [0.1, 0.15) is 25.0 Å². The Morgan fingerprint density at radius 2 is 1.67 bits per heavy atom. The van der Waals surface area contributed by atoms with Gasteiger partial charge in [0.2, 0.25) is 0 Å². The largest absolute Gasteiger partial charge is 0.506 e. The number of carbonyl (C=O) groups is 2. The molecule has 0 aliphatic carbocycles. The second-order valence-electron chi connectivity index (χ2n) is 6.24. The fourth-order valence-corrected chi connectivity index (χ4v) is 3.17. The molecule has 27 heavy (non-hydrogen) atoms.